The molecule has 0 bridgehead atoms. The third kappa shape index (κ3) is 1.63. The van der Waals surface area contributed by atoms with Crippen molar-refractivity contribution >= 4 is 0 Å². The van der Waals surface area contributed by atoms with Crippen molar-refractivity contribution in [1.82, 2.24) is 0 Å². The Balaban J connectivity index is 2.45. The molecule has 0 spiro atoms. The molecule has 0 fully saturated rings. The van der Waals surface area contributed by atoms with Crippen molar-refractivity contribution in [3.8, 4) is 11.5 Å². The summed E-state index contributed by atoms with van der Waals surface area (Å²) < 4.78 is 36.7. The molecule has 0 amide bonds. The fourth-order valence-electron chi connectivity index (χ4n) is 1.32. The Hall–Kier alpha value is -1.36. The molecule has 0 aliphatic carbocycles. The summed E-state index contributed by atoms with van der Waals surface area (Å²) in [5.74, 6) is -1.89. The van der Waals surface area contributed by atoms with E-state index in [4.69, 9.17) is 14.6 Å². The van der Waals surface area contributed by atoms with Crippen LogP contribution in [0.15, 0.2) is 12.1 Å². The Morgan fingerprint density at radius 2 is 1.93 bits per heavy atom. The normalized spacial score (nSPS) is 24.0. The molecule has 1 aromatic carbocycles. The van der Waals surface area contributed by atoms with Crippen LogP contribution in [0.1, 0.15) is 6.92 Å². The molecule has 1 aliphatic rings. The van der Waals surface area contributed by atoms with Crippen LogP contribution in [0.2, 0.25) is 0 Å². The zero-order valence-corrected chi connectivity index (χ0v) is 8.09. The predicted molar refractivity (Wildman–Crippen MR) is 48.0 cm³/mol. The zero-order chi connectivity index (χ0) is 11.1. The van der Waals surface area contributed by atoms with Gasteiger partial charge in [0, 0.05) is 0 Å². The third-order valence-electron chi connectivity index (χ3n) is 2.22. The van der Waals surface area contributed by atoms with E-state index in [0.717, 1.165) is 12.1 Å². The maximum atomic E-state index is 13.3. The van der Waals surface area contributed by atoms with Crippen LogP contribution >= 0.6 is 0 Å². The molecule has 0 radical (unpaired) electrons. The molecule has 5 heteroatoms. The van der Waals surface area contributed by atoms with Gasteiger partial charge in [-0.25, -0.2) is 8.78 Å². The molecule has 15 heavy (non-hydrogen) atoms. The Morgan fingerprint density at radius 3 is 2.53 bits per heavy atom. The molecule has 1 heterocycles. The molecule has 1 N–H and O–H groups in total. The highest BCUT2D eigenvalue weighted by Crippen LogP contribution is 2.39. The van der Waals surface area contributed by atoms with Crippen LogP contribution in [0.4, 0.5) is 8.78 Å². The first-order valence-corrected chi connectivity index (χ1v) is 4.46. The summed E-state index contributed by atoms with van der Waals surface area (Å²) in [6, 6.07) is 1.93. The lowest BCUT2D eigenvalue weighted by atomic mass is 10.1. The maximum absolute atomic E-state index is 13.3. The SMILES string of the molecule is C[C@]1(CO)COc2c(F)ccc(F)c2O1. The molecule has 1 atom stereocenters. The Bertz CT molecular complexity index is 394. The number of benzene rings is 1. The van der Waals surface area contributed by atoms with Gasteiger partial charge in [0.2, 0.25) is 5.75 Å². The van der Waals surface area contributed by atoms with Gasteiger partial charge in [0.15, 0.2) is 23.0 Å². The van der Waals surface area contributed by atoms with Crippen molar-refractivity contribution in [2.75, 3.05) is 13.2 Å². The summed E-state index contributed by atoms with van der Waals surface area (Å²) in [6.07, 6.45) is 0. The quantitative estimate of drug-likeness (QED) is 0.772. The lowest BCUT2D eigenvalue weighted by Gasteiger charge is -2.34. The molecule has 1 aromatic rings. The van der Waals surface area contributed by atoms with E-state index < -0.39 is 17.2 Å². The fraction of sp³-hybridized carbons (Fsp3) is 0.400. The largest absolute Gasteiger partial charge is 0.483 e. The Morgan fingerprint density at radius 1 is 1.33 bits per heavy atom. The molecule has 0 saturated heterocycles. The van der Waals surface area contributed by atoms with E-state index >= 15 is 0 Å². The molecule has 0 unspecified atom stereocenters. The Labute approximate surface area is 85.2 Å². The van der Waals surface area contributed by atoms with Crippen molar-refractivity contribution in [3.05, 3.63) is 23.8 Å². The smallest absolute Gasteiger partial charge is 0.201 e. The maximum Gasteiger partial charge on any atom is 0.201 e. The van der Waals surface area contributed by atoms with E-state index in [-0.39, 0.29) is 24.7 Å². The first-order valence-electron chi connectivity index (χ1n) is 4.46. The second-order valence-corrected chi connectivity index (χ2v) is 3.69. The van der Waals surface area contributed by atoms with Gasteiger partial charge in [0.05, 0.1) is 6.61 Å². The van der Waals surface area contributed by atoms with Crippen molar-refractivity contribution < 1.29 is 23.4 Å². The fourth-order valence-corrected chi connectivity index (χ4v) is 1.32. The van der Waals surface area contributed by atoms with E-state index in [2.05, 4.69) is 0 Å². The summed E-state index contributed by atoms with van der Waals surface area (Å²) in [5.41, 5.74) is -1.03. The van der Waals surface area contributed by atoms with Crippen LogP contribution in [0.25, 0.3) is 0 Å². The van der Waals surface area contributed by atoms with Crippen molar-refractivity contribution in [2.24, 2.45) is 0 Å². The summed E-state index contributed by atoms with van der Waals surface area (Å²) >= 11 is 0. The van der Waals surface area contributed by atoms with Gasteiger partial charge in [-0.05, 0) is 19.1 Å². The highest BCUT2D eigenvalue weighted by molar-refractivity contribution is 5.44. The topological polar surface area (TPSA) is 38.7 Å². The summed E-state index contributed by atoms with van der Waals surface area (Å²) in [6.45, 7) is 1.21. The molecular weight excluding hydrogens is 206 g/mol. The van der Waals surface area contributed by atoms with Crippen molar-refractivity contribution in [2.45, 2.75) is 12.5 Å². The second kappa shape index (κ2) is 3.34. The number of hydrogen-bond acceptors (Lipinski definition) is 3. The van der Waals surface area contributed by atoms with Crippen LogP contribution in [-0.4, -0.2) is 23.9 Å². The van der Waals surface area contributed by atoms with E-state index in [0.29, 0.717) is 0 Å². The molecular formula is C10H10F2O3. The van der Waals surface area contributed by atoms with Crippen LogP contribution in [-0.2, 0) is 0 Å². The number of aliphatic hydroxyl groups excluding tert-OH is 1. The van der Waals surface area contributed by atoms with E-state index in [9.17, 15) is 8.78 Å². The third-order valence-corrected chi connectivity index (χ3v) is 2.22. The van der Waals surface area contributed by atoms with E-state index in [1.807, 2.05) is 0 Å². The van der Waals surface area contributed by atoms with Gasteiger partial charge in [-0.2, -0.15) is 0 Å². The van der Waals surface area contributed by atoms with E-state index in [1.54, 1.807) is 6.92 Å². The minimum atomic E-state index is -1.03. The first kappa shape index (κ1) is 10.2. The summed E-state index contributed by atoms with van der Waals surface area (Å²) in [7, 11) is 0. The van der Waals surface area contributed by atoms with Crippen molar-refractivity contribution in [3.63, 3.8) is 0 Å². The van der Waals surface area contributed by atoms with Gasteiger partial charge >= 0.3 is 0 Å². The molecule has 82 valence electrons. The van der Waals surface area contributed by atoms with Crippen molar-refractivity contribution in [1.29, 1.82) is 0 Å². The average Bonchev–Trinajstić information content (AvgIpc) is 2.24. The molecule has 2 rings (SSSR count). The molecule has 0 saturated carbocycles. The monoisotopic (exact) mass is 216 g/mol. The van der Waals surface area contributed by atoms with Gasteiger partial charge in [-0.15, -0.1) is 0 Å². The predicted octanol–water partition coefficient (Wildman–Crippen LogP) is 1.49. The van der Waals surface area contributed by atoms with Crippen LogP contribution in [0.5, 0.6) is 11.5 Å². The number of rotatable bonds is 1. The highest BCUT2D eigenvalue weighted by Gasteiger charge is 2.35. The van der Waals surface area contributed by atoms with Gasteiger partial charge < -0.3 is 14.6 Å². The van der Waals surface area contributed by atoms with Crippen LogP contribution < -0.4 is 9.47 Å². The summed E-state index contributed by atoms with van der Waals surface area (Å²) in [4.78, 5) is 0. The lowest BCUT2D eigenvalue weighted by molar-refractivity contribution is -0.0384. The number of aliphatic hydroxyl groups is 1. The molecule has 3 nitrogen and oxygen atoms in total. The van der Waals surface area contributed by atoms with Crippen LogP contribution in [0, 0.1) is 11.6 Å². The van der Waals surface area contributed by atoms with E-state index in [1.165, 1.54) is 0 Å². The minimum absolute atomic E-state index is 0.0170. The standard InChI is InChI=1S/C10H10F2O3/c1-10(4-13)5-14-8-6(11)2-3-7(12)9(8)15-10/h2-3,13H,4-5H2,1H3/t10-/m0/s1. The highest BCUT2D eigenvalue weighted by atomic mass is 19.1. The number of halogens is 2. The van der Waals surface area contributed by atoms with Gasteiger partial charge in [-0.1, -0.05) is 0 Å². The van der Waals surface area contributed by atoms with Crippen LogP contribution in [0.3, 0.4) is 0 Å². The van der Waals surface area contributed by atoms with Gasteiger partial charge in [0.25, 0.3) is 0 Å². The summed E-state index contributed by atoms with van der Waals surface area (Å²) in [5, 5.41) is 9.01. The lowest BCUT2D eigenvalue weighted by Crippen LogP contribution is -2.45. The first-order chi connectivity index (χ1) is 7.06. The van der Waals surface area contributed by atoms with Gasteiger partial charge in [0.1, 0.15) is 6.61 Å². The number of hydrogen-bond donors (Lipinski definition) is 1. The number of fused-ring (bicyclic) bond motifs is 1. The average molecular weight is 216 g/mol. The minimum Gasteiger partial charge on any atom is -0.483 e. The van der Waals surface area contributed by atoms with Gasteiger partial charge in [-0.3, -0.25) is 0 Å². The molecule has 0 aromatic heterocycles. The Kier molecular flexibility index (Phi) is 2.26. The second-order valence-electron chi connectivity index (χ2n) is 3.69. The number of ether oxygens (including phenoxy) is 2. The zero-order valence-electron chi connectivity index (χ0n) is 8.09. The molecule has 1 aliphatic heterocycles.